The third-order valence-electron chi connectivity index (χ3n) is 2.51. The van der Waals surface area contributed by atoms with Gasteiger partial charge in [0.15, 0.2) is 0 Å². The fraction of sp³-hybridized carbons (Fsp3) is 0.231. The maximum Gasteiger partial charge on any atom is 0.376 e. The Morgan fingerprint density at radius 2 is 2.20 bits per heavy atom. The molecule has 7 heteroatoms. The van der Waals surface area contributed by atoms with Gasteiger partial charge in [0.2, 0.25) is 11.7 Å². The Labute approximate surface area is 122 Å². The fourth-order valence-electron chi connectivity index (χ4n) is 1.62. The lowest BCUT2D eigenvalue weighted by Crippen LogP contribution is -2.04. The van der Waals surface area contributed by atoms with Crippen LogP contribution in [0.2, 0.25) is 0 Å². The van der Waals surface area contributed by atoms with Gasteiger partial charge in [-0.25, -0.2) is 14.2 Å². The number of benzene rings is 1. The van der Waals surface area contributed by atoms with Gasteiger partial charge in [-0.2, -0.15) is 0 Å². The number of carbonyl (C=O) groups excluding carboxylic acids is 1. The number of esters is 1. The van der Waals surface area contributed by atoms with E-state index in [1.807, 2.05) is 0 Å². The molecule has 0 amide bonds. The van der Waals surface area contributed by atoms with Gasteiger partial charge in [-0.3, -0.25) is 0 Å². The van der Waals surface area contributed by atoms with E-state index in [4.69, 9.17) is 9.15 Å². The maximum atomic E-state index is 13.8. The van der Waals surface area contributed by atoms with Crippen molar-refractivity contribution in [2.75, 3.05) is 14.2 Å². The summed E-state index contributed by atoms with van der Waals surface area (Å²) >= 11 is 3.24. The molecular weight excluding hydrogens is 333 g/mol. The highest BCUT2D eigenvalue weighted by molar-refractivity contribution is 9.10. The average molecular weight is 344 g/mol. The van der Waals surface area contributed by atoms with Crippen LogP contribution in [0.1, 0.15) is 16.2 Å². The molecule has 0 aliphatic rings. The Hall–Kier alpha value is -1.73. The van der Waals surface area contributed by atoms with Gasteiger partial charge < -0.3 is 13.9 Å². The van der Waals surface area contributed by atoms with Crippen LogP contribution in [0.4, 0.5) is 4.39 Å². The molecule has 1 aromatic carbocycles. The number of ether oxygens (including phenoxy) is 2. The number of rotatable bonds is 4. The van der Waals surface area contributed by atoms with Gasteiger partial charge in [0.05, 0.1) is 19.3 Å². The van der Waals surface area contributed by atoms with Gasteiger partial charge in [0, 0.05) is 11.6 Å². The zero-order valence-corrected chi connectivity index (χ0v) is 12.4. The summed E-state index contributed by atoms with van der Waals surface area (Å²) < 4.78 is 29.3. The highest BCUT2D eigenvalue weighted by Crippen LogP contribution is 2.28. The summed E-state index contributed by atoms with van der Waals surface area (Å²) in [4.78, 5) is 15.7. The van der Waals surface area contributed by atoms with Gasteiger partial charge in [0.1, 0.15) is 11.5 Å². The highest BCUT2D eigenvalue weighted by atomic mass is 79.9. The van der Waals surface area contributed by atoms with Crippen molar-refractivity contribution in [2.45, 2.75) is 6.61 Å². The van der Waals surface area contributed by atoms with Gasteiger partial charge in [-0.05, 0) is 18.2 Å². The molecular formula is C13H11BrFNO4. The van der Waals surface area contributed by atoms with E-state index in [0.29, 0.717) is 4.47 Å². The first-order valence-corrected chi connectivity index (χ1v) is 6.38. The molecule has 0 saturated heterocycles. The third kappa shape index (κ3) is 2.88. The van der Waals surface area contributed by atoms with Crippen LogP contribution < -0.4 is 0 Å². The van der Waals surface area contributed by atoms with Gasteiger partial charge in [-0.15, -0.1) is 0 Å². The predicted octanol–water partition coefficient (Wildman–Crippen LogP) is 3.18. The Kier molecular flexibility index (Phi) is 4.51. The number of carbonyl (C=O) groups is 1. The van der Waals surface area contributed by atoms with E-state index in [-0.39, 0.29) is 29.5 Å². The van der Waals surface area contributed by atoms with E-state index in [1.165, 1.54) is 26.4 Å². The Bertz CT molecular complexity index is 641. The van der Waals surface area contributed by atoms with Gasteiger partial charge in [0.25, 0.3) is 0 Å². The molecule has 1 heterocycles. The van der Waals surface area contributed by atoms with Crippen molar-refractivity contribution in [3.8, 4) is 11.5 Å². The molecule has 0 N–H and O–H groups in total. The lowest BCUT2D eigenvalue weighted by atomic mass is 10.2. The van der Waals surface area contributed by atoms with Crippen LogP contribution in [0.15, 0.2) is 27.1 Å². The third-order valence-corrected chi connectivity index (χ3v) is 3.00. The summed E-state index contributed by atoms with van der Waals surface area (Å²) in [7, 11) is 2.68. The Morgan fingerprint density at radius 3 is 2.85 bits per heavy atom. The van der Waals surface area contributed by atoms with Crippen LogP contribution in [0.25, 0.3) is 11.5 Å². The molecule has 0 radical (unpaired) electrons. The number of halogens is 2. The number of aromatic nitrogens is 1. The van der Waals surface area contributed by atoms with Crippen molar-refractivity contribution in [1.82, 2.24) is 4.98 Å². The minimum atomic E-state index is -0.689. The summed E-state index contributed by atoms with van der Waals surface area (Å²) in [5.41, 5.74) is 0.403. The fourth-order valence-corrected chi connectivity index (χ4v) is 1.98. The van der Waals surface area contributed by atoms with Crippen LogP contribution in [0, 0.1) is 5.82 Å². The normalized spacial score (nSPS) is 10.6. The lowest BCUT2D eigenvalue weighted by molar-refractivity contribution is 0.0559. The second-order valence-corrected chi connectivity index (χ2v) is 4.76. The van der Waals surface area contributed by atoms with Crippen molar-refractivity contribution in [3.63, 3.8) is 0 Å². The van der Waals surface area contributed by atoms with E-state index >= 15 is 0 Å². The SMILES string of the molecule is COCc1nc(-c2cc(Br)ccc2F)oc1C(=O)OC. The van der Waals surface area contributed by atoms with Crippen LogP contribution in [0.5, 0.6) is 0 Å². The molecule has 106 valence electrons. The monoisotopic (exact) mass is 343 g/mol. The molecule has 2 rings (SSSR count). The zero-order chi connectivity index (χ0) is 14.7. The molecule has 0 aliphatic heterocycles. The lowest BCUT2D eigenvalue weighted by Gasteiger charge is -1.98. The highest BCUT2D eigenvalue weighted by Gasteiger charge is 2.23. The largest absolute Gasteiger partial charge is 0.463 e. The summed E-state index contributed by atoms with van der Waals surface area (Å²) in [6, 6.07) is 4.34. The first kappa shape index (κ1) is 14.7. The Balaban J connectivity index is 2.52. The van der Waals surface area contributed by atoms with E-state index in [1.54, 1.807) is 6.07 Å². The number of oxazole rings is 1. The molecule has 5 nitrogen and oxygen atoms in total. The van der Waals surface area contributed by atoms with E-state index in [9.17, 15) is 9.18 Å². The van der Waals surface area contributed by atoms with E-state index in [0.717, 1.165) is 0 Å². The molecule has 2 aromatic rings. The molecule has 0 saturated carbocycles. The van der Waals surface area contributed by atoms with Gasteiger partial charge >= 0.3 is 5.97 Å². The standard InChI is InChI=1S/C13H11BrFNO4/c1-18-6-10-11(13(17)19-2)20-12(16-10)8-5-7(14)3-4-9(8)15/h3-5H,6H2,1-2H3. The summed E-state index contributed by atoms with van der Waals surface area (Å²) in [6.45, 7) is 0.0591. The second-order valence-electron chi connectivity index (χ2n) is 3.84. The van der Waals surface area contributed by atoms with Crippen molar-refractivity contribution in [2.24, 2.45) is 0 Å². The van der Waals surface area contributed by atoms with E-state index in [2.05, 4.69) is 25.7 Å². The maximum absolute atomic E-state index is 13.8. The molecule has 0 fully saturated rings. The minimum Gasteiger partial charge on any atom is -0.463 e. The molecule has 0 bridgehead atoms. The predicted molar refractivity (Wildman–Crippen MR) is 71.6 cm³/mol. The number of hydrogen-bond donors (Lipinski definition) is 0. The molecule has 0 atom stereocenters. The topological polar surface area (TPSA) is 61.6 Å². The van der Waals surface area contributed by atoms with Crippen LogP contribution in [-0.4, -0.2) is 25.2 Å². The summed E-state index contributed by atoms with van der Waals surface area (Å²) in [5.74, 6) is -1.29. The first-order valence-electron chi connectivity index (χ1n) is 5.59. The smallest absolute Gasteiger partial charge is 0.376 e. The summed E-state index contributed by atoms with van der Waals surface area (Å²) in [5, 5.41) is 0. The van der Waals surface area contributed by atoms with Crippen molar-refractivity contribution in [3.05, 3.63) is 39.9 Å². The van der Waals surface area contributed by atoms with Gasteiger partial charge in [-0.1, -0.05) is 15.9 Å². The van der Waals surface area contributed by atoms with Crippen molar-refractivity contribution < 1.29 is 23.1 Å². The molecule has 0 spiro atoms. The number of hydrogen-bond acceptors (Lipinski definition) is 5. The minimum absolute atomic E-state index is 0.00347. The number of methoxy groups -OCH3 is 2. The quantitative estimate of drug-likeness (QED) is 0.798. The number of nitrogens with zero attached hydrogens (tertiary/aromatic N) is 1. The van der Waals surface area contributed by atoms with E-state index < -0.39 is 11.8 Å². The van der Waals surface area contributed by atoms with Crippen LogP contribution >= 0.6 is 15.9 Å². The molecule has 20 heavy (non-hydrogen) atoms. The summed E-state index contributed by atoms with van der Waals surface area (Å²) in [6.07, 6.45) is 0. The zero-order valence-electron chi connectivity index (χ0n) is 10.8. The Morgan fingerprint density at radius 1 is 1.45 bits per heavy atom. The van der Waals surface area contributed by atoms with Crippen LogP contribution in [-0.2, 0) is 16.1 Å². The van der Waals surface area contributed by atoms with Crippen molar-refractivity contribution >= 4 is 21.9 Å². The first-order chi connectivity index (χ1) is 9.56. The molecule has 0 unspecified atom stereocenters. The molecule has 1 aromatic heterocycles. The van der Waals surface area contributed by atoms with Crippen LogP contribution in [0.3, 0.4) is 0 Å². The van der Waals surface area contributed by atoms with Crippen molar-refractivity contribution in [1.29, 1.82) is 0 Å². The molecule has 0 aliphatic carbocycles. The second kappa shape index (κ2) is 6.15. The average Bonchev–Trinajstić information content (AvgIpc) is 2.85.